The minimum atomic E-state index is -1.04. The molecule has 0 heterocycles. The molecular weight excluding hydrogens is 390 g/mol. The summed E-state index contributed by atoms with van der Waals surface area (Å²) in [5, 5.41) is 9.66. The highest BCUT2D eigenvalue weighted by Gasteiger charge is 2.31. The van der Waals surface area contributed by atoms with E-state index >= 15 is 0 Å². The van der Waals surface area contributed by atoms with Crippen molar-refractivity contribution in [2.45, 2.75) is 24.8 Å². The lowest BCUT2D eigenvalue weighted by Crippen LogP contribution is -2.43. The first kappa shape index (κ1) is 20.7. The van der Waals surface area contributed by atoms with Gasteiger partial charge in [0.2, 0.25) is 0 Å². The van der Waals surface area contributed by atoms with Gasteiger partial charge in [-0.05, 0) is 40.7 Å². The molecule has 1 N–H and O–H groups in total. The minimum absolute atomic E-state index is 0.0580. The number of benzene rings is 3. The molecule has 0 radical (unpaired) electrons. The number of rotatable bonds is 7. The van der Waals surface area contributed by atoms with Crippen molar-refractivity contribution < 1.29 is 19.4 Å². The summed E-state index contributed by atoms with van der Waals surface area (Å²) in [5.41, 5.74) is 5.59. The lowest BCUT2D eigenvalue weighted by molar-refractivity contribution is -0.142. The summed E-state index contributed by atoms with van der Waals surface area (Å²) in [6, 6.07) is 24.9. The van der Waals surface area contributed by atoms with E-state index in [0.29, 0.717) is 12.8 Å². The van der Waals surface area contributed by atoms with Crippen LogP contribution >= 0.6 is 0 Å². The van der Waals surface area contributed by atoms with Crippen LogP contribution in [0.2, 0.25) is 0 Å². The Morgan fingerprint density at radius 3 is 2.03 bits per heavy atom. The van der Waals surface area contributed by atoms with E-state index in [2.05, 4.69) is 24.3 Å². The van der Waals surface area contributed by atoms with Gasteiger partial charge in [0.05, 0.1) is 0 Å². The molecule has 4 rings (SSSR count). The van der Waals surface area contributed by atoms with Crippen LogP contribution in [-0.4, -0.2) is 41.8 Å². The largest absolute Gasteiger partial charge is 0.480 e. The zero-order chi connectivity index (χ0) is 21.8. The van der Waals surface area contributed by atoms with Crippen molar-refractivity contribution in [3.05, 3.63) is 95.6 Å². The third-order valence-corrected chi connectivity index (χ3v) is 5.93. The van der Waals surface area contributed by atoms with Crippen LogP contribution < -0.4 is 0 Å². The number of hydrogen-bond donors (Lipinski definition) is 1. The van der Waals surface area contributed by atoms with Gasteiger partial charge in [-0.15, -0.1) is 0 Å². The van der Waals surface area contributed by atoms with Crippen LogP contribution in [0.3, 0.4) is 0 Å². The van der Waals surface area contributed by atoms with E-state index in [1.54, 1.807) is 0 Å². The van der Waals surface area contributed by atoms with Gasteiger partial charge in [-0.25, -0.2) is 9.59 Å². The van der Waals surface area contributed by atoms with Crippen LogP contribution in [0, 0.1) is 0 Å². The Hall–Kier alpha value is -3.60. The summed E-state index contributed by atoms with van der Waals surface area (Å²) < 4.78 is 5.61. The van der Waals surface area contributed by atoms with Crippen LogP contribution in [0.1, 0.15) is 29.0 Å². The lowest BCUT2D eigenvalue weighted by atomic mass is 9.98. The molecule has 1 atom stereocenters. The monoisotopic (exact) mass is 415 g/mol. The predicted octanol–water partition coefficient (Wildman–Crippen LogP) is 4.95. The first-order chi connectivity index (χ1) is 15.1. The molecule has 0 aromatic heterocycles. The van der Waals surface area contributed by atoms with Crippen LogP contribution in [0.4, 0.5) is 4.79 Å². The number of fused-ring (bicyclic) bond motifs is 3. The molecule has 0 saturated carbocycles. The second-order valence-electron chi connectivity index (χ2n) is 7.79. The van der Waals surface area contributed by atoms with Crippen LogP contribution in [0.15, 0.2) is 78.9 Å². The summed E-state index contributed by atoms with van der Waals surface area (Å²) in [4.78, 5) is 25.7. The molecule has 1 unspecified atom stereocenters. The number of carbonyl (C=O) groups is 2. The SMILES string of the molecule is CN(C(=O)OCC1c2ccccc2-c2ccccc21)C(CCc1ccccc1)C(=O)O. The third-order valence-electron chi connectivity index (χ3n) is 5.93. The molecule has 5 heteroatoms. The molecule has 1 aliphatic rings. The number of aliphatic carboxylic acids is 1. The summed E-state index contributed by atoms with van der Waals surface area (Å²) >= 11 is 0. The standard InChI is InChI=1S/C26H25NO4/c1-27(24(25(28)29)16-15-18-9-3-2-4-10-18)26(30)31-17-23-21-13-7-5-11-19(21)20-12-6-8-14-22(20)23/h2-14,23-24H,15-17H2,1H3,(H,28,29). The van der Waals surface area contributed by atoms with E-state index in [0.717, 1.165) is 27.8 Å². The second kappa shape index (κ2) is 9.04. The van der Waals surface area contributed by atoms with Gasteiger partial charge >= 0.3 is 12.1 Å². The van der Waals surface area contributed by atoms with Gasteiger partial charge in [-0.2, -0.15) is 0 Å². The maximum atomic E-state index is 12.7. The number of nitrogens with zero attached hydrogens (tertiary/aromatic N) is 1. The second-order valence-corrected chi connectivity index (χ2v) is 7.79. The van der Waals surface area contributed by atoms with Gasteiger partial charge in [0.25, 0.3) is 0 Å². The van der Waals surface area contributed by atoms with Gasteiger partial charge in [0.15, 0.2) is 0 Å². The minimum Gasteiger partial charge on any atom is -0.480 e. The number of aryl methyl sites for hydroxylation is 1. The Morgan fingerprint density at radius 2 is 1.45 bits per heavy atom. The smallest absolute Gasteiger partial charge is 0.410 e. The third kappa shape index (κ3) is 4.31. The van der Waals surface area contributed by atoms with Gasteiger partial charge in [0.1, 0.15) is 12.6 Å². The number of carboxylic acids is 1. The van der Waals surface area contributed by atoms with Crippen LogP contribution in [0.25, 0.3) is 11.1 Å². The Labute approximate surface area is 181 Å². The maximum Gasteiger partial charge on any atom is 0.410 e. The van der Waals surface area contributed by atoms with Crippen molar-refractivity contribution in [1.29, 1.82) is 0 Å². The average Bonchev–Trinajstić information content (AvgIpc) is 3.11. The fourth-order valence-electron chi connectivity index (χ4n) is 4.25. The zero-order valence-electron chi connectivity index (χ0n) is 17.4. The summed E-state index contributed by atoms with van der Waals surface area (Å²) in [5.74, 6) is -1.09. The maximum absolute atomic E-state index is 12.7. The molecule has 0 saturated heterocycles. The topological polar surface area (TPSA) is 66.8 Å². The van der Waals surface area contributed by atoms with E-state index in [1.807, 2.05) is 54.6 Å². The Kier molecular flexibility index (Phi) is 6.03. The van der Waals surface area contributed by atoms with E-state index in [-0.39, 0.29) is 12.5 Å². The number of amides is 1. The van der Waals surface area contributed by atoms with Crippen molar-refractivity contribution in [3.8, 4) is 11.1 Å². The molecule has 0 fully saturated rings. The number of carbonyl (C=O) groups excluding carboxylic acids is 1. The first-order valence-corrected chi connectivity index (χ1v) is 10.4. The molecule has 0 aliphatic heterocycles. The normalized spacial score (nSPS) is 13.2. The highest BCUT2D eigenvalue weighted by atomic mass is 16.6. The van der Waals surface area contributed by atoms with Gasteiger partial charge in [-0.3, -0.25) is 4.90 Å². The van der Waals surface area contributed by atoms with Gasteiger partial charge < -0.3 is 9.84 Å². The lowest BCUT2D eigenvalue weighted by Gasteiger charge is -2.25. The molecule has 5 nitrogen and oxygen atoms in total. The van der Waals surface area contributed by atoms with Crippen molar-refractivity contribution in [3.63, 3.8) is 0 Å². The van der Waals surface area contributed by atoms with Crippen molar-refractivity contribution >= 4 is 12.1 Å². The molecule has 0 spiro atoms. The molecular formula is C26H25NO4. The fraction of sp³-hybridized carbons (Fsp3) is 0.231. The number of likely N-dealkylation sites (N-methyl/N-ethyl adjacent to an activating group) is 1. The van der Waals surface area contributed by atoms with Crippen molar-refractivity contribution in [2.24, 2.45) is 0 Å². The molecule has 3 aromatic rings. The summed E-state index contributed by atoms with van der Waals surface area (Å²) in [7, 11) is 1.49. The number of ether oxygens (including phenoxy) is 1. The summed E-state index contributed by atoms with van der Waals surface area (Å²) in [6.07, 6.45) is 0.265. The van der Waals surface area contributed by atoms with Gasteiger partial charge in [-0.1, -0.05) is 78.9 Å². The predicted molar refractivity (Wildman–Crippen MR) is 119 cm³/mol. The Balaban J connectivity index is 1.43. The van der Waals surface area contributed by atoms with Crippen LogP contribution in [0.5, 0.6) is 0 Å². The van der Waals surface area contributed by atoms with E-state index in [4.69, 9.17) is 4.74 Å². The molecule has 1 amide bonds. The average molecular weight is 415 g/mol. The first-order valence-electron chi connectivity index (χ1n) is 10.4. The highest BCUT2D eigenvalue weighted by Crippen LogP contribution is 2.44. The zero-order valence-corrected chi connectivity index (χ0v) is 17.4. The van der Waals surface area contributed by atoms with Crippen molar-refractivity contribution in [2.75, 3.05) is 13.7 Å². The van der Waals surface area contributed by atoms with E-state index in [9.17, 15) is 14.7 Å². The molecule has 0 bridgehead atoms. The fourth-order valence-corrected chi connectivity index (χ4v) is 4.25. The van der Waals surface area contributed by atoms with Crippen molar-refractivity contribution in [1.82, 2.24) is 4.90 Å². The Morgan fingerprint density at radius 1 is 0.903 bits per heavy atom. The summed E-state index contributed by atoms with van der Waals surface area (Å²) in [6.45, 7) is 0.169. The molecule has 31 heavy (non-hydrogen) atoms. The van der Waals surface area contributed by atoms with Crippen LogP contribution in [-0.2, 0) is 16.0 Å². The van der Waals surface area contributed by atoms with E-state index < -0.39 is 18.1 Å². The van der Waals surface area contributed by atoms with E-state index in [1.165, 1.54) is 11.9 Å². The highest BCUT2D eigenvalue weighted by molar-refractivity contribution is 5.81. The molecule has 3 aromatic carbocycles. The van der Waals surface area contributed by atoms with Gasteiger partial charge in [0, 0.05) is 13.0 Å². The molecule has 1 aliphatic carbocycles. The number of carboxylic acid groups (broad SMARTS) is 1. The Bertz CT molecular complexity index is 1030. The molecule has 158 valence electrons. The number of hydrogen-bond acceptors (Lipinski definition) is 3. The quantitative estimate of drug-likeness (QED) is 0.593.